The van der Waals surface area contributed by atoms with Gasteiger partial charge in [0.1, 0.15) is 17.4 Å². The van der Waals surface area contributed by atoms with Gasteiger partial charge in [0, 0.05) is 47.0 Å². The van der Waals surface area contributed by atoms with Crippen LogP contribution in [0, 0.1) is 11.8 Å². The van der Waals surface area contributed by atoms with E-state index in [2.05, 4.69) is 41.3 Å². The van der Waals surface area contributed by atoms with Crippen LogP contribution in [-0.2, 0) is 29.6 Å². The number of fused-ring (bicyclic) bond motifs is 4. The third kappa shape index (κ3) is 6.72. The van der Waals surface area contributed by atoms with Gasteiger partial charge in [-0.25, -0.2) is 9.78 Å². The van der Waals surface area contributed by atoms with Crippen LogP contribution in [0.4, 0.5) is 5.69 Å². The van der Waals surface area contributed by atoms with Gasteiger partial charge in [0.25, 0.3) is 0 Å². The third-order valence-electron chi connectivity index (χ3n) is 12.3. The number of carbonyl (C=O) groups is 1. The van der Waals surface area contributed by atoms with Crippen molar-refractivity contribution in [3.05, 3.63) is 94.8 Å². The number of aliphatic carboxylic acids is 1. The van der Waals surface area contributed by atoms with Gasteiger partial charge in [-0.15, -0.1) is 0 Å². The van der Waals surface area contributed by atoms with Gasteiger partial charge in [0.15, 0.2) is 11.5 Å². The number of rotatable bonds is 10. The van der Waals surface area contributed by atoms with Crippen molar-refractivity contribution < 1.29 is 24.1 Å². The lowest BCUT2D eigenvalue weighted by atomic mass is 9.59. The Morgan fingerprint density at radius 3 is 2.79 bits per heavy atom. The van der Waals surface area contributed by atoms with Crippen molar-refractivity contribution in [2.75, 3.05) is 18.5 Å². The summed E-state index contributed by atoms with van der Waals surface area (Å²) in [5.74, 6) is 2.79. The number of hydrogen-bond donors (Lipinski definition) is 2. The second-order valence-corrected chi connectivity index (χ2v) is 16.2. The molecule has 3 aliphatic carbocycles. The standard InChI is InChI=1S/C42H49ClN4O5/c1-27(25-51-36-9-15-45-35-8-3-5-28(2)39(35)36)19-30-20-29-21-37-38(52-33(10-18-50-37)24-47-17-16-44-26-47)23-34(29)41(30)11-13-42(14-12-41,40(48)49)46-32-7-4-6-31(43)22-32/h4,6-7,9,15-17,21-23,26-28,30,33,46H,3,5,8,10-14,18-20,24-25H2,1-2H3,(H,48,49)/t27-,28-,30+,33+,41?,42?/m1/s1. The molecule has 4 atom stereocenters. The minimum atomic E-state index is -1.09. The second kappa shape index (κ2) is 14.3. The van der Waals surface area contributed by atoms with E-state index in [9.17, 15) is 9.90 Å². The predicted molar refractivity (Wildman–Crippen MR) is 201 cm³/mol. The van der Waals surface area contributed by atoms with Crippen molar-refractivity contribution in [3.63, 3.8) is 0 Å². The molecular weight excluding hydrogens is 676 g/mol. The fraction of sp³-hybridized carbons (Fsp3) is 0.500. The number of nitrogens with one attached hydrogen (secondary N) is 1. The number of aromatic nitrogens is 3. The molecular formula is C42H49ClN4O5. The average molecular weight is 725 g/mol. The SMILES string of the molecule is C[C@@H](COc1ccnc2c1[C@H](C)CCC2)C[C@H]1Cc2cc3c(cc2C12CCC(Nc1cccc(Cl)c1)(C(=O)O)CC2)O[C@H](Cn1ccnc1)CCO3. The molecule has 1 fully saturated rings. The van der Waals surface area contributed by atoms with Crippen molar-refractivity contribution in [3.8, 4) is 17.2 Å². The molecule has 9 nitrogen and oxygen atoms in total. The van der Waals surface area contributed by atoms with Gasteiger partial charge < -0.3 is 29.2 Å². The number of aryl methyl sites for hydroxylation is 1. The number of benzene rings is 2. The lowest BCUT2D eigenvalue weighted by Gasteiger charge is -2.47. The molecule has 2 aromatic carbocycles. The molecule has 0 radical (unpaired) electrons. The molecule has 1 aliphatic heterocycles. The van der Waals surface area contributed by atoms with E-state index < -0.39 is 11.5 Å². The molecule has 2 aromatic heterocycles. The number of ether oxygens (including phenoxy) is 3. The molecule has 1 spiro atoms. The van der Waals surface area contributed by atoms with E-state index in [-0.39, 0.29) is 11.5 Å². The van der Waals surface area contributed by atoms with E-state index in [1.807, 2.05) is 41.5 Å². The van der Waals surface area contributed by atoms with E-state index in [1.165, 1.54) is 35.2 Å². The summed E-state index contributed by atoms with van der Waals surface area (Å²) in [7, 11) is 0. The Balaban J connectivity index is 1.07. The first-order valence-corrected chi connectivity index (χ1v) is 19.4. The molecule has 8 rings (SSSR count). The van der Waals surface area contributed by atoms with Crippen molar-refractivity contribution >= 4 is 23.3 Å². The second-order valence-electron chi connectivity index (χ2n) is 15.8. The monoisotopic (exact) mass is 724 g/mol. The van der Waals surface area contributed by atoms with E-state index in [0.717, 1.165) is 61.5 Å². The van der Waals surface area contributed by atoms with E-state index in [4.69, 9.17) is 25.8 Å². The predicted octanol–water partition coefficient (Wildman–Crippen LogP) is 8.63. The zero-order valence-electron chi connectivity index (χ0n) is 30.2. The number of hydrogen-bond acceptors (Lipinski definition) is 7. The van der Waals surface area contributed by atoms with Crippen molar-refractivity contribution in [1.82, 2.24) is 14.5 Å². The zero-order valence-corrected chi connectivity index (χ0v) is 30.9. The number of pyridine rings is 1. The number of halogens is 1. The van der Waals surface area contributed by atoms with Gasteiger partial charge in [-0.1, -0.05) is 31.5 Å². The Hall–Kier alpha value is -4.24. The molecule has 3 heterocycles. The van der Waals surface area contributed by atoms with Crippen molar-refractivity contribution in [1.29, 1.82) is 0 Å². The normalized spacial score (nSPS) is 26.9. The molecule has 4 aliphatic rings. The van der Waals surface area contributed by atoms with Crippen LogP contribution in [0.5, 0.6) is 17.2 Å². The summed E-state index contributed by atoms with van der Waals surface area (Å²) in [6.07, 6.45) is 15.9. The molecule has 52 heavy (non-hydrogen) atoms. The van der Waals surface area contributed by atoms with E-state index in [0.29, 0.717) is 55.4 Å². The number of carboxylic acids is 1. The zero-order chi connectivity index (χ0) is 35.9. The summed E-state index contributed by atoms with van der Waals surface area (Å²) in [6.45, 7) is 6.48. The molecule has 0 saturated heterocycles. The maximum absolute atomic E-state index is 13.1. The summed E-state index contributed by atoms with van der Waals surface area (Å²) in [4.78, 5) is 21.9. The molecule has 0 bridgehead atoms. The fourth-order valence-corrected chi connectivity index (χ4v) is 9.81. The highest BCUT2D eigenvalue weighted by Crippen LogP contribution is 2.58. The van der Waals surface area contributed by atoms with Crippen LogP contribution in [0.25, 0.3) is 0 Å². The van der Waals surface area contributed by atoms with Gasteiger partial charge in [-0.3, -0.25) is 4.98 Å². The molecule has 4 aromatic rings. The van der Waals surface area contributed by atoms with Gasteiger partial charge in [-0.2, -0.15) is 0 Å². The average Bonchev–Trinajstić information content (AvgIpc) is 3.68. The van der Waals surface area contributed by atoms with Crippen LogP contribution in [0.3, 0.4) is 0 Å². The highest BCUT2D eigenvalue weighted by Gasteiger charge is 2.54. The number of imidazole rings is 1. The molecule has 2 N–H and O–H groups in total. The first-order valence-electron chi connectivity index (χ1n) is 19.0. The number of carboxylic acid groups (broad SMARTS) is 1. The van der Waals surface area contributed by atoms with Crippen LogP contribution in [0.1, 0.15) is 93.5 Å². The van der Waals surface area contributed by atoms with Crippen molar-refractivity contribution in [2.24, 2.45) is 11.8 Å². The highest BCUT2D eigenvalue weighted by molar-refractivity contribution is 6.30. The summed E-state index contributed by atoms with van der Waals surface area (Å²) in [5, 5.41) is 14.7. The lowest BCUT2D eigenvalue weighted by molar-refractivity contribution is -0.144. The molecule has 0 amide bonds. The van der Waals surface area contributed by atoms with Crippen LogP contribution in [0.2, 0.25) is 5.02 Å². The molecule has 10 heteroatoms. The summed E-state index contributed by atoms with van der Waals surface area (Å²) < 4.78 is 21.7. The minimum absolute atomic E-state index is 0.0478. The Morgan fingerprint density at radius 2 is 2.00 bits per heavy atom. The van der Waals surface area contributed by atoms with Crippen LogP contribution in [-0.4, -0.2) is 50.5 Å². The lowest BCUT2D eigenvalue weighted by Crippen LogP contribution is -2.53. The maximum Gasteiger partial charge on any atom is 0.329 e. The van der Waals surface area contributed by atoms with Crippen LogP contribution >= 0.6 is 11.6 Å². The minimum Gasteiger partial charge on any atom is -0.493 e. The van der Waals surface area contributed by atoms with E-state index in [1.54, 1.807) is 18.3 Å². The first-order chi connectivity index (χ1) is 25.2. The van der Waals surface area contributed by atoms with Gasteiger partial charge >= 0.3 is 5.97 Å². The topological polar surface area (TPSA) is 108 Å². The van der Waals surface area contributed by atoms with Crippen LogP contribution in [0.15, 0.2) is 67.4 Å². The third-order valence-corrected chi connectivity index (χ3v) is 12.6. The Labute approximate surface area is 311 Å². The fourth-order valence-electron chi connectivity index (χ4n) is 9.62. The molecule has 274 valence electrons. The Kier molecular flexibility index (Phi) is 9.57. The summed E-state index contributed by atoms with van der Waals surface area (Å²) in [5.41, 5.74) is 4.48. The summed E-state index contributed by atoms with van der Waals surface area (Å²) in [6, 6.07) is 13.8. The molecule has 1 saturated carbocycles. The molecule has 0 unspecified atom stereocenters. The maximum atomic E-state index is 13.1. The van der Waals surface area contributed by atoms with Crippen LogP contribution < -0.4 is 19.5 Å². The van der Waals surface area contributed by atoms with Gasteiger partial charge in [0.05, 0.1) is 26.1 Å². The largest absolute Gasteiger partial charge is 0.493 e. The van der Waals surface area contributed by atoms with Gasteiger partial charge in [-0.05, 0) is 128 Å². The summed E-state index contributed by atoms with van der Waals surface area (Å²) >= 11 is 6.31. The Morgan fingerprint density at radius 1 is 1.13 bits per heavy atom. The van der Waals surface area contributed by atoms with E-state index >= 15 is 0 Å². The highest BCUT2D eigenvalue weighted by atomic mass is 35.5. The Bertz CT molecular complexity index is 1910. The number of nitrogens with zero attached hydrogens (tertiary/aromatic N) is 3. The van der Waals surface area contributed by atoms with Gasteiger partial charge in [0.2, 0.25) is 0 Å². The smallest absolute Gasteiger partial charge is 0.329 e. The van der Waals surface area contributed by atoms with Crippen molar-refractivity contribution in [2.45, 2.75) is 108 Å². The number of anilines is 1. The first kappa shape index (κ1) is 34.8. The quantitative estimate of drug-likeness (QED) is 0.167.